The highest BCUT2D eigenvalue weighted by Crippen LogP contribution is 2.10. The number of rotatable bonds is 4. The van der Waals surface area contributed by atoms with Gasteiger partial charge in [-0.25, -0.2) is 4.98 Å². The third-order valence-corrected chi connectivity index (χ3v) is 2.37. The molecule has 86 valence electrons. The second-order valence-corrected chi connectivity index (χ2v) is 3.87. The number of nitrogens with zero attached hydrogens (tertiary/aromatic N) is 2. The molecule has 2 aromatic heterocycles. The van der Waals surface area contributed by atoms with Crippen LogP contribution in [-0.4, -0.2) is 11.0 Å². The van der Waals surface area contributed by atoms with Gasteiger partial charge in [0, 0.05) is 18.7 Å². The molecule has 2 rings (SSSR count). The highest BCUT2D eigenvalue weighted by molar-refractivity contribution is 5.43. The summed E-state index contributed by atoms with van der Waals surface area (Å²) in [4.78, 5) is 4.16. The van der Waals surface area contributed by atoms with Crippen molar-refractivity contribution < 1.29 is 4.42 Å². The molecule has 0 amide bonds. The van der Waals surface area contributed by atoms with Crippen LogP contribution in [-0.2, 0) is 6.42 Å². The topological polar surface area (TPSA) is 61.9 Å². The molecule has 0 aliphatic carbocycles. The summed E-state index contributed by atoms with van der Waals surface area (Å²) in [6, 6.07) is 9.52. The van der Waals surface area contributed by atoms with Gasteiger partial charge in [0.15, 0.2) is 0 Å². The molecule has 4 nitrogen and oxygen atoms in total. The van der Waals surface area contributed by atoms with E-state index >= 15 is 0 Å². The van der Waals surface area contributed by atoms with Gasteiger partial charge in [-0.1, -0.05) is 0 Å². The van der Waals surface area contributed by atoms with Crippen LogP contribution in [0.15, 0.2) is 41.1 Å². The molecule has 0 aliphatic rings. The van der Waals surface area contributed by atoms with Crippen LogP contribution in [0.1, 0.15) is 18.2 Å². The summed E-state index contributed by atoms with van der Waals surface area (Å²) < 4.78 is 5.27. The molecule has 0 spiro atoms. The zero-order chi connectivity index (χ0) is 12.1. The molecule has 0 aliphatic heterocycles. The van der Waals surface area contributed by atoms with Crippen molar-refractivity contribution >= 4 is 5.82 Å². The number of pyridine rings is 1. The van der Waals surface area contributed by atoms with Gasteiger partial charge in [-0.15, -0.1) is 0 Å². The summed E-state index contributed by atoms with van der Waals surface area (Å²) in [7, 11) is 0. The minimum Gasteiger partial charge on any atom is -0.469 e. The SMILES string of the molecule is CC(Cc1ccco1)Nc1cc(C#N)ccn1. The fourth-order valence-corrected chi connectivity index (χ4v) is 1.61. The van der Waals surface area contributed by atoms with Gasteiger partial charge in [-0.05, 0) is 31.2 Å². The summed E-state index contributed by atoms with van der Waals surface area (Å²) in [5.41, 5.74) is 0.604. The fraction of sp³-hybridized carbons (Fsp3) is 0.231. The number of nitrogens with one attached hydrogen (secondary N) is 1. The molecular weight excluding hydrogens is 214 g/mol. The number of nitriles is 1. The van der Waals surface area contributed by atoms with Crippen molar-refractivity contribution in [3.63, 3.8) is 0 Å². The van der Waals surface area contributed by atoms with Crippen molar-refractivity contribution in [2.24, 2.45) is 0 Å². The molecule has 0 aromatic carbocycles. The highest BCUT2D eigenvalue weighted by atomic mass is 16.3. The zero-order valence-corrected chi connectivity index (χ0v) is 9.55. The van der Waals surface area contributed by atoms with Crippen molar-refractivity contribution in [2.75, 3.05) is 5.32 Å². The van der Waals surface area contributed by atoms with Crippen LogP contribution in [0.5, 0.6) is 0 Å². The Balaban J connectivity index is 1.98. The van der Waals surface area contributed by atoms with Gasteiger partial charge < -0.3 is 9.73 Å². The van der Waals surface area contributed by atoms with Gasteiger partial charge in [0.25, 0.3) is 0 Å². The van der Waals surface area contributed by atoms with Crippen molar-refractivity contribution in [3.05, 3.63) is 48.0 Å². The van der Waals surface area contributed by atoms with Crippen molar-refractivity contribution in [1.82, 2.24) is 4.98 Å². The van der Waals surface area contributed by atoms with E-state index < -0.39 is 0 Å². The Hall–Kier alpha value is -2.28. The van der Waals surface area contributed by atoms with E-state index in [4.69, 9.17) is 9.68 Å². The van der Waals surface area contributed by atoms with E-state index in [9.17, 15) is 0 Å². The molecule has 1 unspecified atom stereocenters. The lowest BCUT2D eigenvalue weighted by molar-refractivity contribution is 0.497. The predicted octanol–water partition coefficient (Wildman–Crippen LogP) is 2.59. The lowest BCUT2D eigenvalue weighted by Crippen LogP contribution is -2.18. The van der Waals surface area contributed by atoms with Crippen LogP contribution in [0.4, 0.5) is 5.82 Å². The van der Waals surface area contributed by atoms with Crippen molar-refractivity contribution in [1.29, 1.82) is 5.26 Å². The zero-order valence-electron chi connectivity index (χ0n) is 9.55. The van der Waals surface area contributed by atoms with Gasteiger partial charge in [0.2, 0.25) is 0 Å². The first-order valence-corrected chi connectivity index (χ1v) is 5.43. The quantitative estimate of drug-likeness (QED) is 0.872. The van der Waals surface area contributed by atoms with Gasteiger partial charge in [-0.2, -0.15) is 5.26 Å². The first-order chi connectivity index (χ1) is 8.28. The van der Waals surface area contributed by atoms with Gasteiger partial charge in [-0.3, -0.25) is 0 Å². The van der Waals surface area contributed by atoms with Crippen LogP contribution in [0, 0.1) is 11.3 Å². The molecule has 2 heterocycles. The van der Waals surface area contributed by atoms with Crippen LogP contribution in [0.2, 0.25) is 0 Å². The van der Waals surface area contributed by atoms with Crippen molar-refractivity contribution in [3.8, 4) is 6.07 Å². The van der Waals surface area contributed by atoms with E-state index in [1.807, 2.05) is 19.1 Å². The molecule has 1 N–H and O–H groups in total. The normalized spacial score (nSPS) is 11.8. The summed E-state index contributed by atoms with van der Waals surface area (Å²) in [6.45, 7) is 2.04. The van der Waals surface area contributed by atoms with Gasteiger partial charge in [0.05, 0.1) is 17.9 Å². The summed E-state index contributed by atoms with van der Waals surface area (Å²) in [5.74, 6) is 1.64. The van der Waals surface area contributed by atoms with Crippen molar-refractivity contribution in [2.45, 2.75) is 19.4 Å². The molecule has 0 saturated carbocycles. The van der Waals surface area contributed by atoms with Gasteiger partial charge in [0.1, 0.15) is 11.6 Å². The Kier molecular flexibility index (Phi) is 3.41. The number of hydrogen-bond donors (Lipinski definition) is 1. The van der Waals surface area contributed by atoms with Crippen LogP contribution in [0.25, 0.3) is 0 Å². The molecule has 1 atom stereocenters. The number of hydrogen-bond acceptors (Lipinski definition) is 4. The van der Waals surface area contributed by atoms with E-state index in [1.165, 1.54) is 0 Å². The molecule has 17 heavy (non-hydrogen) atoms. The molecule has 0 bridgehead atoms. The second kappa shape index (κ2) is 5.17. The molecule has 2 aromatic rings. The number of aromatic nitrogens is 1. The maximum atomic E-state index is 8.78. The van der Waals surface area contributed by atoms with Crippen LogP contribution < -0.4 is 5.32 Å². The first-order valence-electron chi connectivity index (χ1n) is 5.43. The lowest BCUT2D eigenvalue weighted by Gasteiger charge is -2.12. The van der Waals surface area contributed by atoms with E-state index in [1.54, 1.807) is 24.6 Å². The van der Waals surface area contributed by atoms with E-state index in [0.717, 1.165) is 12.2 Å². The largest absolute Gasteiger partial charge is 0.469 e. The Labute approximate surface area is 99.9 Å². The predicted molar refractivity (Wildman–Crippen MR) is 64.4 cm³/mol. The minimum atomic E-state index is 0.197. The third-order valence-electron chi connectivity index (χ3n) is 2.37. The van der Waals surface area contributed by atoms with E-state index in [0.29, 0.717) is 11.4 Å². The lowest BCUT2D eigenvalue weighted by atomic mass is 10.2. The minimum absolute atomic E-state index is 0.197. The average Bonchev–Trinajstić information content (AvgIpc) is 2.82. The van der Waals surface area contributed by atoms with Crippen LogP contribution in [0.3, 0.4) is 0 Å². The fourth-order valence-electron chi connectivity index (χ4n) is 1.61. The smallest absolute Gasteiger partial charge is 0.127 e. The van der Waals surface area contributed by atoms with E-state index in [-0.39, 0.29) is 6.04 Å². The maximum Gasteiger partial charge on any atom is 0.127 e. The summed E-state index contributed by atoms with van der Waals surface area (Å²) in [5, 5.41) is 12.0. The number of furan rings is 1. The Bertz CT molecular complexity index is 514. The Morgan fingerprint density at radius 1 is 1.53 bits per heavy atom. The number of anilines is 1. The summed E-state index contributed by atoms with van der Waals surface area (Å²) in [6.07, 6.45) is 4.07. The monoisotopic (exact) mass is 227 g/mol. The average molecular weight is 227 g/mol. The van der Waals surface area contributed by atoms with Crippen LogP contribution >= 0.6 is 0 Å². The molecule has 0 radical (unpaired) electrons. The molecular formula is C13H13N3O. The van der Waals surface area contributed by atoms with Gasteiger partial charge >= 0.3 is 0 Å². The Morgan fingerprint density at radius 3 is 3.12 bits per heavy atom. The molecule has 0 saturated heterocycles. The third kappa shape index (κ3) is 3.08. The molecule has 0 fully saturated rings. The second-order valence-electron chi connectivity index (χ2n) is 3.87. The Morgan fingerprint density at radius 2 is 2.41 bits per heavy atom. The maximum absolute atomic E-state index is 8.78. The highest BCUT2D eigenvalue weighted by Gasteiger charge is 2.06. The first kappa shape index (κ1) is 11.2. The summed E-state index contributed by atoms with van der Waals surface area (Å²) >= 11 is 0. The van der Waals surface area contributed by atoms with E-state index in [2.05, 4.69) is 16.4 Å². The molecule has 4 heteroatoms. The standard InChI is InChI=1S/C13H13N3O/c1-10(7-12-3-2-6-17-12)16-13-8-11(9-14)4-5-15-13/h2-6,8,10H,7H2,1H3,(H,15,16).